The molecule has 0 bridgehead atoms. The second-order valence-corrected chi connectivity index (χ2v) is 5.07. The number of ether oxygens (including phenoxy) is 6. The van der Waals surface area contributed by atoms with E-state index in [2.05, 4.69) is 0 Å². The minimum Gasteiger partial charge on any atom is -0.455 e. The summed E-state index contributed by atoms with van der Waals surface area (Å²) >= 11 is 0. The summed E-state index contributed by atoms with van der Waals surface area (Å²) in [5.74, 6) is -1.26. The van der Waals surface area contributed by atoms with Crippen molar-refractivity contribution in [1.29, 1.82) is 0 Å². The lowest BCUT2D eigenvalue weighted by Gasteiger charge is -2.44. The molecule has 1 aliphatic rings. The monoisotopic (exact) mass is 336 g/mol. The molecular weight excluding hydrogens is 312 g/mol. The number of carbonyl (C=O) groups excluding carboxylic acids is 2. The molecule has 0 aromatic heterocycles. The minimum atomic E-state index is -1.51. The van der Waals surface area contributed by atoms with Gasteiger partial charge in [-0.3, -0.25) is 9.59 Å². The van der Waals surface area contributed by atoms with Crippen molar-refractivity contribution in [2.45, 2.75) is 50.7 Å². The predicted octanol–water partition coefficient (Wildman–Crippen LogP) is -0.757. The van der Waals surface area contributed by atoms with Crippen molar-refractivity contribution in [2.24, 2.45) is 0 Å². The molecular formula is C14H24O9. The number of aliphatic hydroxyl groups excluding tert-OH is 1. The molecule has 1 aliphatic heterocycles. The van der Waals surface area contributed by atoms with E-state index >= 15 is 0 Å². The maximum atomic E-state index is 11.4. The summed E-state index contributed by atoms with van der Waals surface area (Å²) in [6.45, 7) is 2.55. The van der Waals surface area contributed by atoms with Crippen LogP contribution in [-0.2, 0) is 38.0 Å². The number of rotatable bonds is 7. The minimum absolute atomic E-state index is 0.165. The van der Waals surface area contributed by atoms with Crippen LogP contribution in [0.2, 0.25) is 0 Å². The van der Waals surface area contributed by atoms with Gasteiger partial charge in [0.1, 0.15) is 18.3 Å². The third-order valence-electron chi connectivity index (χ3n) is 3.43. The van der Waals surface area contributed by atoms with Crippen LogP contribution in [0.4, 0.5) is 0 Å². The van der Waals surface area contributed by atoms with Crippen molar-refractivity contribution >= 4 is 11.9 Å². The summed E-state index contributed by atoms with van der Waals surface area (Å²) in [7, 11) is 4.32. The molecule has 6 atom stereocenters. The first kappa shape index (κ1) is 19.8. The highest BCUT2D eigenvalue weighted by molar-refractivity contribution is 5.67. The van der Waals surface area contributed by atoms with E-state index in [9.17, 15) is 14.7 Å². The zero-order chi connectivity index (χ0) is 17.6. The topological polar surface area (TPSA) is 110 Å². The number of hydrogen-bond donors (Lipinski definition) is 1. The predicted molar refractivity (Wildman–Crippen MR) is 75.5 cm³/mol. The van der Waals surface area contributed by atoms with E-state index in [1.807, 2.05) is 0 Å². The fraction of sp³-hybridized carbons (Fsp3) is 0.857. The largest absolute Gasteiger partial charge is 0.455 e. The zero-order valence-electron chi connectivity index (χ0n) is 13.9. The molecule has 0 amide bonds. The van der Waals surface area contributed by atoms with Gasteiger partial charge in [-0.25, -0.2) is 0 Å². The summed E-state index contributed by atoms with van der Waals surface area (Å²) in [5, 5.41) is 10.2. The lowest BCUT2D eigenvalue weighted by atomic mass is 9.94. The average molecular weight is 336 g/mol. The third-order valence-corrected chi connectivity index (χ3v) is 3.43. The molecule has 1 heterocycles. The second-order valence-electron chi connectivity index (χ2n) is 5.07. The van der Waals surface area contributed by atoms with Crippen molar-refractivity contribution in [3.05, 3.63) is 0 Å². The van der Waals surface area contributed by atoms with Crippen molar-refractivity contribution < 1.29 is 43.1 Å². The molecule has 1 saturated heterocycles. The van der Waals surface area contributed by atoms with E-state index < -0.39 is 48.7 Å². The molecule has 23 heavy (non-hydrogen) atoms. The zero-order valence-corrected chi connectivity index (χ0v) is 13.9. The van der Waals surface area contributed by atoms with Crippen molar-refractivity contribution in [1.82, 2.24) is 0 Å². The lowest BCUT2D eigenvalue weighted by molar-refractivity contribution is -0.308. The molecule has 0 aromatic carbocycles. The molecule has 9 heteroatoms. The molecule has 0 aromatic rings. The Bertz CT molecular complexity index is 400. The molecule has 134 valence electrons. The Labute approximate surface area is 134 Å². The Hall–Kier alpha value is -1.26. The number of methoxy groups -OCH3 is 3. The number of esters is 2. The van der Waals surface area contributed by atoms with Crippen molar-refractivity contribution in [2.75, 3.05) is 27.9 Å². The van der Waals surface area contributed by atoms with Crippen LogP contribution >= 0.6 is 0 Å². The fourth-order valence-corrected chi connectivity index (χ4v) is 2.52. The third kappa shape index (κ3) is 5.11. The highest BCUT2D eigenvalue weighted by Gasteiger charge is 2.52. The van der Waals surface area contributed by atoms with Gasteiger partial charge in [-0.05, 0) is 0 Å². The SMILES string of the molecule is COC[C@@H](OC)[C@H]1OC(O)[C@H](OC(C)=O)[C@@H](OC(C)=O)[C@@H]1OC. The van der Waals surface area contributed by atoms with Crippen LogP contribution in [0.1, 0.15) is 13.8 Å². The van der Waals surface area contributed by atoms with Crippen LogP contribution in [-0.4, -0.2) is 81.8 Å². The van der Waals surface area contributed by atoms with Crippen LogP contribution < -0.4 is 0 Å². The molecule has 9 nitrogen and oxygen atoms in total. The van der Waals surface area contributed by atoms with Crippen molar-refractivity contribution in [3.63, 3.8) is 0 Å². The van der Waals surface area contributed by atoms with Gasteiger partial charge >= 0.3 is 11.9 Å². The highest BCUT2D eigenvalue weighted by atomic mass is 16.7. The highest BCUT2D eigenvalue weighted by Crippen LogP contribution is 2.29. The van der Waals surface area contributed by atoms with Gasteiger partial charge in [0.25, 0.3) is 0 Å². The van der Waals surface area contributed by atoms with E-state index in [-0.39, 0.29) is 6.61 Å². The summed E-state index contributed by atoms with van der Waals surface area (Å²) in [5.41, 5.74) is 0. The number of aliphatic hydroxyl groups is 1. The first-order valence-electron chi connectivity index (χ1n) is 7.08. The standard InChI is InChI=1S/C14H24O9/c1-7(15)21-12-11(20-5)10(9(19-4)6-18-3)23-14(17)13(12)22-8(2)16/h9-14,17H,6H2,1-5H3/t9-,10-,11-,12+,13-,14?/m1/s1. The molecule has 0 radical (unpaired) electrons. The lowest BCUT2D eigenvalue weighted by Crippen LogP contribution is -2.64. The van der Waals surface area contributed by atoms with Gasteiger partial charge < -0.3 is 33.5 Å². The Morgan fingerprint density at radius 2 is 1.61 bits per heavy atom. The first-order chi connectivity index (χ1) is 10.8. The first-order valence-corrected chi connectivity index (χ1v) is 7.08. The van der Waals surface area contributed by atoms with Crippen molar-refractivity contribution in [3.8, 4) is 0 Å². The van der Waals surface area contributed by atoms with E-state index in [4.69, 9.17) is 28.4 Å². The van der Waals surface area contributed by atoms with E-state index in [0.29, 0.717) is 0 Å². The fourth-order valence-electron chi connectivity index (χ4n) is 2.52. The number of carbonyl (C=O) groups is 2. The maximum Gasteiger partial charge on any atom is 0.303 e. The molecule has 0 saturated carbocycles. The summed E-state index contributed by atoms with van der Waals surface area (Å²) < 4.78 is 31.4. The molecule has 1 fully saturated rings. The van der Waals surface area contributed by atoms with E-state index in [0.717, 1.165) is 0 Å². The Kier molecular flexibility index (Phi) is 7.86. The van der Waals surface area contributed by atoms with E-state index in [1.165, 1.54) is 35.2 Å². The summed E-state index contributed by atoms with van der Waals surface area (Å²) in [6.07, 6.45) is -5.98. The van der Waals surface area contributed by atoms with Gasteiger partial charge in [-0.1, -0.05) is 0 Å². The molecule has 1 rings (SSSR count). The molecule has 0 aliphatic carbocycles. The number of hydrogen-bond acceptors (Lipinski definition) is 9. The van der Waals surface area contributed by atoms with Crippen LogP contribution in [0, 0.1) is 0 Å². The maximum absolute atomic E-state index is 11.4. The van der Waals surface area contributed by atoms with Gasteiger partial charge in [0.05, 0.1) is 6.61 Å². The molecule has 0 spiro atoms. The Morgan fingerprint density at radius 1 is 1.04 bits per heavy atom. The normalized spacial score (nSPS) is 32.2. The summed E-state index contributed by atoms with van der Waals surface area (Å²) in [4.78, 5) is 22.6. The average Bonchev–Trinajstić information content (AvgIpc) is 2.47. The Balaban J connectivity index is 3.09. The summed E-state index contributed by atoms with van der Waals surface area (Å²) in [6, 6.07) is 0. The molecule has 1 unspecified atom stereocenters. The van der Waals surface area contributed by atoms with Gasteiger partial charge in [-0.2, -0.15) is 0 Å². The second kappa shape index (κ2) is 9.14. The smallest absolute Gasteiger partial charge is 0.303 e. The van der Waals surface area contributed by atoms with E-state index in [1.54, 1.807) is 0 Å². The van der Waals surface area contributed by atoms with Gasteiger partial charge in [-0.15, -0.1) is 0 Å². The van der Waals surface area contributed by atoms with Gasteiger partial charge in [0.2, 0.25) is 0 Å². The van der Waals surface area contributed by atoms with Crippen LogP contribution in [0.5, 0.6) is 0 Å². The quantitative estimate of drug-likeness (QED) is 0.600. The van der Waals surface area contributed by atoms with Crippen LogP contribution in [0.3, 0.4) is 0 Å². The Morgan fingerprint density at radius 3 is 2.04 bits per heavy atom. The molecule has 1 N–H and O–H groups in total. The van der Waals surface area contributed by atoms with Gasteiger partial charge in [0.15, 0.2) is 18.5 Å². The van der Waals surface area contributed by atoms with Gasteiger partial charge in [0, 0.05) is 35.2 Å². The van der Waals surface area contributed by atoms with Crippen LogP contribution in [0.15, 0.2) is 0 Å². The van der Waals surface area contributed by atoms with Crippen LogP contribution in [0.25, 0.3) is 0 Å².